The molecule has 0 spiro atoms. The van der Waals surface area contributed by atoms with Gasteiger partial charge in [-0.2, -0.15) is 0 Å². The van der Waals surface area contributed by atoms with Gasteiger partial charge < -0.3 is 9.88 Å². The van der Waals surface area contributed by atoms with Gasteiger partial charge in [0.25, 0.3) is 0 Å². The normalized spacial score (nSPS) is 20.5. The summed E-state index contributed by atoms with van der Waals surface area (Å²) in [4.78, 5) is 4.51. The van der Waals surface area contributed by atoms with Crippen molar-refractivity contribution in [2.75, 3.05) is 6.54 Å². The van der Waals surface area contributed by atoms with Gasteiger partial charge in [-0.25, -0.2) is 4.98 Å². The second-order valence-electron chi connectivity index (χ2n) is 5.14. The van der Waals surface area contributed by atoms with Crippen LogP contribution in [0.5, 0.6) is 0 Å². The molecule has 1 saturated heterocycles. The quantitative estimate of drug-likeness (QED) is 0.857. The molecular formula is C14H19N3. The fourth-order valence-corrected chi connectivity index (χ4v) is 2.65. The molecule has 2 aromatic rings. The summed E-state index contributed by atoms with van der Waals surface area (Å²) in [5.74, 6) is 0. The van der Waals surface area contributed by atoms with Crippen LogP contribution in [0, 0.1) is 0 Å². The maximum absolute atomic E-state index is 4.51. The monoisotopic (exact) mass is 229 g/mol. The summed E-state index contributed by atoms with van der Waals surface area (Å²) in [5, 5.41) is 3.53. The summed E-state index contributed by atoms with van der Waals surface area (Å²) in [6.07, 6.45) is 4.47. The lowest BCUT2D eigenvalue weighted by Gasteiger charge is -2.11. The summed E-state index contributed by atoms with van der Waals surface area (Å²) in [7, 11) is 0. The Morgan fingerprint density at radius 2 is 2.29 bits per heavy atom. The van der Waals surface area contributed by atoms with Crippen molar-refractivity contribution in [3.63, 3.8) is 0 Å². The predicted molar refractivity (Wildman–Crippen MR) is 70.1 cm³/mol. The average molecular weight is 229 g/mol. The van der Waals surface area contributed by atoms with Crippen molar-refractivity contribution < 1.29 is 0 Å². The van der Waals surface area contributed by atoms with Crippen molar-refractivity contribution in [2.24, 2.45) is 0 Å². The van der Waals surface area contributed by atoms with Crippen molar-refractivity contribution in [2.45, 2.75) is 38.8 Å². The highest BCUT2D eigenvalue weighted by atomic mass is 15.1. The number of rotatable bonds is 2. The van der Waals surface area contributed by atoms with Crippen LogP contribution in [-0.4, -0.2) is 16.1 Å². The van der Waals surface area contributed by atoms with Gasteiger partial charge >= 0.3 is 0 Å². The largest absolute Gasteiger partial charge is 0.328 e. The zero-order valence-corrected chi connectivity index (χ0v) is 10.5. The zero-order valence-electron chi connectivity index (χ0n) is 10.5. The van der Waals surface area contributed by atoms with E-state index < -0.39 is 0 Å². The SMILES string of the molecule is CC(C)n1cnc2cc(C3CCCN3)ccc21. The third-order valence-electron chi connectivity index (χ3n) is 3.62. The Labute approximate surface area is 102 Å². The molecule has 2 heterocycles. The lowest BCUT2D eigenvalue weighted by Crippen LogP contribution is -2.12. The predicted octanol–water partition coefficient (Wildman–Crippen LogP) is 3.04. The molecule has 90 valence electrons. The summed E-state index contributed by atoms with van der Waals surface area (Å²) in [6, 6.07) is 7.68. The summed E-state index contributed by atoms with van der Waals surface area (Å²) >= 11 is 0. The number of nitrogens with one attached hydrogen (secondary N) is 1. The number of hydrogen-bond donors (Lipinski definition) is 1. The number of fused-ring (bicyclic) bond motifs is 1. The van der Waals surface area contributed by atoms with E-state index in [1.807, 2.05) is 6.33 Å². The zero-order chi connectivity index (χ0) is 11.8. The molecule has 0 radical (unpaired) electrons. The average Bonchev–Trinajstić information content (AvgIpc) is 2.97. The van der Waals surface area contributed by atoms with Crippen LogP contribution in [-0.2, 0) is 0 Å². The molecule has 1 aromatic carbocycles. The second kappa shape index (κ2) is 4.15. The fourth-order valence-electron chi connectivity index (χ4n) is 2.65. The highest BCUT2D eigenvalue weighted by Crippen LogP contribution is 2.26. The van der Waals surface area contributed by atoms with E-state index in [1.54, 1.807) is 0 Å². The first-order valence-electron chi connectivity index (χ1n) is 6.45. The Hall–Kier alpha value is -1.35. The van der Waals surface area contributed by atoms with Crippen LogP contribution in [0.25, 0.3) is 11.0 Å². The fraction of sp³-hybridized carbons (Fsp3) is 0.500. The molecule has 1 atom stereocenters. The molecule has 1 aliphatic rings. The standard InChI is InChI=1S/C14H19N3/c1-10(2)17-9-16-13-8-11(5-6-14(13)17)12-4-3-7-15-12/h5-6,8-10,12,15H,3-4,7H2,1-2H3. The van der Waals surface area contributed by atoms with E-state index in [2.05, 4.69) is 46.9 Å². The highest BCUT2D eigenvalue weighted by molar-refractivity contribution is 5.76. The molecule has 17 heavy (non-hydrogen) atoms. The summed E-state index contributed by atoms with van der Waals surface area (Å²) in [6.45, 7) is 5.52. The molecule has 1 aromatic heterocycles. The van der Waals surface area contributed by atoms with Crippen LogP contribution < -0.4 is 5.32 Å². The lowest BCUT2D eigenvalue weighted by atomic mass is 10.0. The number of hydrogen-bond acceptors (Lipinski definition) is 2. The number of imidazole rings is 1. The Morgan fingerprint density at radius 3 is 3.00 bits per heavy atom. The van der Waals surface area contributed by atoms with E-state index in [0.29, 0.717) is 12.1 Å². The van der Waals surface area contributed by atoms with E-state index in [0.717, 1.165) is 12.1 Å². The summed E-state index contributed by atoms with van der Waals surface area (Å²) in [5.41, 5.74) is 3.73. The first-order chi connectivity index (χ1) is 8.25. The molecule has 3 nitrogen and oxygen atoms in total. The first-order valence-corrected chi connectivity index (χ1v) is 6.45. The van der Waals surface area contributed by atoms with Crippen LogP contribution in [0.2, 0.25) is 0 Å². The maximum atomic E-state index is 4.51. The number of benzene rings is 1. The Morgan fingerprint density at radius 1 is 1.41 bits per heavy atom. The molecule has 3 heteroatoms. The van der Waals surface area contributed by atoms with Gasteiger partial charge in [0.2, 0.25) is 0 Å². The molecule has 3 rings (SSSR count). The molecule has 0 bridgehead atoms. The first kappa shape index (κ1) is 10.8. The molecule has 0 saturated carbocycles. The minimum atomic E-state index is 0.468. The molecular weight excluding hydrogens is 210 g/mol. The number of nitrogens with zero attached hydrogens (tertiary/aromatic N) is 2. The van der Waals surface area contributed by atoms with Gasteiger partial charge in [-0.05, 0) is 50.9 Å². The van der Waals surface area contributed by atoms with Crippen molar-refractivity contribution in [1.29, 1.82) is 0 Å². The Kier molecular flexibility index (Phi) is 2.63. The molecule has 0 aliphatic carbocycles. The molecule has 1 unspecified atom stereocenters. The minimum absolute atomic E-state index is 0.468. The van der Waals surface area contributed by atoms with E-state index in [4.69, 9.17) is 0 Å². The molecule has 1 fully saturated rings. The van der Waals surface area contributed by atoms with E-state index in [1.165, 1.54) is 23.9 Å². The maximum Gasteiger partial charge on any atom is 0.0960 e. The van der Waals surface area contributed by atoms with Gasteiger partial charge in [-0.3, -0.25) is 0 Å². The van der Waals surface area contributed by atoms with Crippen LogP contribution in [0.1, 0.15) is 44.3 Å². The van der Waals surface area contributed by atoms with Gasteiger partial charge in [0.05, 0.1) is 17.4 Å². The van der Waals surface area contributed by atoms with Gasteiger partial charge in [0.1, 0.15) is 0 Å². The van der Waals surface area contributed by atoms with E-state index in [9.17, 15) is 0 Å². The molecule has 0 amide bonds. The van der Waals surface area contributed by atoms with Crippen molar-refractivity contribution in [3.05, 3.63) is 30.1 Å². The molecule has 1 N–H and O–H groups in total. The van der Waals surface area contributed by atoms with Crippen LogP contribution in [0.3, 0.4) is 0 Å². The third kappa shape index (κ3) is 1.84. The second-order valence-corrected chi connectivity index (χ2v) is 5.14. The Balaban J connectivity index is 2.02. The van der Waals surface area contributed by atoms with Gasteiger partial charge in [-0.15, -0.1) is 0 Å². The smallest absolute Gasteiger partial charge is 0.0960 e. The topological polar surface area (TPSA) is 29.9 Å². The van der Waals surface area contributed by atoms with E-state index in [-0.39, 0.29) is 0 Å². The van der Waals surface area contributed by atoms with Crippen LogP contribution >= 0.6 is 0 Å². The van der Waals surface area contributed by atoms with Gasteiger partial charge in [-0.1, -0.05) is 6.07 Å². The van der Waals surface area contributed by atoms with Gasteiger partial charge in [0.15, 0.2) is 0 Å². The highest BCUT2D eigenvalue weighted by Gasteiger charge is 2.17. The summed E-state index contributed by atoms with van der Waals surface area (Å²) < 4.78 is 2.22. The third-order valence-corrected chi connectivity index (χ3v) is 3.62. The van der Waals surface area contributed by atoms with Crippen molar-refractivity contribution >= 4 is 11.0 Å². The van der Waals surface area contributed by atoms with Crippen molar-refractivity contribution in [3.8, 4) is 0 Å². The van der Waals surface area contributed by atoms with Crippen molar-refractivity contribution in [1.82, 2.24) is 14.9 Å². The Bertz CT molecular complexity index is 521. The minimum Gasteiger partial charge on any atom is -0.328 e. The number of aromatic nitrogens is 2. The lowest BCUT2D eigenvalue weighted by molar-refractivity contribution is 0.617. The molecule has 1 aliphatic heterocycles. The van der Waals surface area contributed by atoms with Gasteiger partial charge in [0, 0.05) is 12.1 Å². The van der Waals surface area contributed by atoms with Crippen LogP contribution in [0.4, 0.5) is 0 Å². The van der Waals surface area contributed by atoms with E-state index >= 15 is 0 Å². The van der Waals surface area contributed by atoms with Crippen LogP contribution in [0.15, 0.2) is 24.5 Å².